The lowest BCUT2D eigenvalue weighted by atomic mass is 9.97. The van der Waals surface area contributed by atoms with Gasteiger partial charge < -0.3 is 11.1 Å². The summed E-state index contributed by atoms with van der Waals surface area (Å²) >= 11 is 6.68. The highest BCUT2D eigenvalue weighted by molar-refractivity contribution is 7.91. The van der Waals surface area contributed by atoms with Gasteiger partial charge in [-0.15, -0.1) is 23.7 Å². The van der Waals surface area contributed by atoms with E-state index in [0.29, 0.717) is 10.8 Å². The van der Waals surface area contributed by atoms with Gasteiger partial charge in [0.1, 0.15) is 4.21 Å². The Morgan fingerprint density at radius 1 is 1.41 bits per heavy atom. The number of nitrogens with two attached hydrogens (primary N) is 1. The molecule has 0 aliphatic rings. The molecule has 0 aliphatic carbocycles. The Morgan fingerprint density at radius 3 is 2.55 bits per heavy atom. The van der Waals surface area contributed by atoms with Crippen molar-refractivity contribution >= 4 is 51.3 Å². The summed E-state index contributed by atoms with van der Waals surface area (Å²) in [6.45, 7) is 3.86. The van der Waals surface area contributed by atoms with Crippen molar-refractivity contribution in [2.45, 2.75) is 36.4 Å². The molecule has 1 unspecified atom stereocenters. The van der Waals surface area contributed by atoms with Crippen molar-refractivity contribution in [2.24, 2.45) is 5.73 Å². The maximum atomic E-state index is 11.9. The fourth-order valence-electron chi connectivity index (χ4n) is 1.71. The van der Waals surface area contributed by atoms with Gasteiger partial charge in [0, 0.05) is 13.1 Å². The number of nitrogens with one attached hydrogen (secondary N) is 2. The normalized spacial score (nSPS) is 14.0. The van der Waals surface area contributed by atoms with Crippen LogP contribution in [0.25, 0.3) is 0 Å². The van der Waals surface area contributed by atoms with Gasteiger partial charge in [0.2, 0.25) is 15.9 Å². The van der Waals surface area contributed by atoms with Gasteiger partial charge in [0.25, 0.3) is 0 Å². The van der Waals surface area contributed by atoms with Crippen LogP contribution >= 0.6 is 35.3 Å². The van der Waals surface area contributed by atoms with Crippen molar-refractivity contribution in [2.75, 3.05) is 13.1 Å². The van der Waals surface area contributed by atoms with Crippen LogP contribution in [0.4, 0.5) is 0 Å². The number of hydrogen-bond donors (Lipinski definition) is 3. The van der Waals surface area contributed by atoms with E-state index in [9.17, 15) is 13.2 Å². The lowest BCUT2D eigenvalue weighted by Gasteiger charge is -2.22. The number of halogens is 2. The molecule has 1 atom stereocenters. The lowest BCUT2D eigenvalue weighted by molar-refractivity contribution is -0.126. The predicted molar refractivity (Wildman–Crippen MR) is 92.3 cm³/mol. The molecule has 0 radical (unpaired) electrons. The van der Waals surface area contributed by atoms with E-state index >= 15 is 0 Å². The van der Waals surface area contributed by atoms with Crippen molar-refractivity contribution in [3.8, 4) is 0 Å². The highest BCUT2D eigenvalue weighted by Gasteiger charge is 2.26. The van der Waals surface area contributed by atoms with E-state index in [2.05, 4.69) is 10.0 Å². The average molecular weight is 390 g/mol. The van der Waals surface area contributed by atoms with Gasteiger partial charge in [-0.05, 0) is 25.5 Å². The molecule has 0 saturated heterocycles. The Bertz CT molecular complexity index is 588. The first-order valence-electron chi connectivity index (χ1n) is 6.51. The first kappa shape index (κ1) is 21.6. The zero-order valence-electron chi connectivity index (χ0n) is 12.4. The van der Waals surface area contributed by atoms with Crippen LogP contribution in [0.3, 0.4) is 0 Å². The van der Waals surface area contributed by atoms with E-state index in [1.807, 2.05) is 6.92 Å². The molecule has 0 fully saturated rings. The number of rotatable bonds is 8. The summed E-state index contributed by atoms with van der Waals surface area (Å²) < 4.78 is 26.7. The Labute approximate surface area is 146 Å². The van der Waals surface area contributed by atoms with Gasteiger partial charge in [0.05, 0.1) is 9.88 Å². The quantitative estimate of drug-likeness (QED) is 0.589. The van der Waals surface area contributed by atoms with Crippen LogP contribution in [-0.2, 0) is 14.8 Å². The molecule has 0 spiro atoms. The number of carbonyl (C=O) groups is 1. The topological polar surface area (TPSA) is 101 Å². The Hall–Kier alpha value is -0.380. The van der Waals surface area contributed by atoms with Crippen molar-refractivity contribution in [1.29, 1.82) is 0 Å². The second kappa shape index (κ2) is 9.05. The van der Waals surface area contributed by atoms with E-state index in [1.54, 1.807) is 6.92 Å². The number of hydrogen-bond acceptors (Lipinski definition) is 5. The third kappa shape index (κ3) is 6.39. The molecule has 0 saturated carbocycles. The van der Waals surface area contributed by atoms with Crippen LogP contribution in [-0.4, -0.2) is 33.0 Å². The Morgan fingerprint density at radius 2 is 2.05 bits per heavy atom. The van der Waals surface area contributed by atoms with Crippen LogP contribution in [0, 0.1) is 0 Å². The molecule has 0 aromatic carbocycles. The summed E-state index contributed by atoms with van der Waals surface area (Å²) in [6, 6.07) is 2.96. The van der Waals surface area contributed by atoms with Crippen molar-refractivity contribution < 1.29 is 13.2 Å². The first-order chi connectivity index (χ1) is 9.69. The molecule has 1 aromatic heterocycles. The third-order valence-electron chi connectivity index (χ3n) is 2.80. The van der Waals surface area contributed by atoms with Crippen molar-refractivity contribution in [3.63, 3.8) is 0 Å². The van der Waals surface area contributed by atoms with Gasteiger partial charge in [-0.25, -0.2) is 13.1 Å². The van der Waals surface area contributed by atoms with Gasteiger partial charge in [-0.3, -0.25) is 4.79 Å². The molecule has 10 heteroatoms. The van der Waals surface area contributed by atoms with Crippen LogP contribution in [0.1, 0.15) is 26.7 Å². The smallest absolute Gasteiger partial charge is 0.250 e. The highest BCUT2D eigenvalue weighted by atomic mass is 35.5. The van der Waals surface area contributed by atoms with Crippen molar-refractivity contribution in [3.05, 3.63) is 16.5 Å². The lowest BCUT2D eigenvalue weighted by Crippen LogP contribution is -2.52. The molecule has 6 nitrogen and oxygen atoms in total. The molecule has 128 valence electrons. The minimum absolute atomic E-state index is 0. The van der Waals surface area contributed by atoms with Gasteiger partial charge in [0.15, 0.2) is 0 Å². The molecule has 4 N–H and O–H groups in total. The monoisotopic (exact) mass is 389 g/mol. The van der Waals surface area contributed by atoms with E-state index in [-0.39, 0.29) is 35.6 Å². The minimum Gasteiger partial charge on any atom is -0.353 e. The molecule has 1 rings (SSSR count). The van der Waals surface area contributed by atoms with E-state index in [4.69, 9.17) is 17.3 Å². The Kier molecular flexibility index (Phi) is 8.89. The zero-order valence-corrected chi connectivity index (χ0v) is 15.6. The van der Waals surface area contributed by atoms with E-state index in [0.717, 1.165) is 17.8 Å². The summed E-state index contributed by atoms with van der Waals surface area (Å²) in [5.41, 5.74) is 4.93. The van der Waals surface area contributed by atoms with E-state index in [1.165, 1.54) is 12.1 Å². The zero-order chi connectivity index (χ0) is 16.1. The highest BCUT2D eigenvalue weighted by Crippen LogP contribution is 2.25. The third-order valence-corrected chi connectivity index (χ3v) is 5.99. The molecular weight excluding hydrogens is 369 g/mol. The summed E-state index contributed by atoms with van der Waals surface area (Å²) in [4.78, 5) is 11.8. The second-order valence-electron chi connectivity index (χ2n) is 4.88. The molecule has 22 heavy (non-hydrogen) atoms. The van der Waals surface area contributed by atoms with Crippen LogP contribution < -0.4 is 15.8 Å². The molecule has 1 amide bonds. The number of thiophene rings is 1. The molecule has 0 aliphatic heterocycles. The summed E-state index contributed by atoms with van der Waals surface area (Å²) in [5.74, 6) is -0.289. The van der Waals surface area contributed by atoms with Crippen LogP contribution in [0.2, 0.25) is 4.34 Å². The van der Waals surface area contributed by atoms with Crippen LogP contribution in [0.15, 0.2) is 16.3 Å². The van der Waals surface area contributed by atoms with Gasteiger partial charge in [-0.2, -0.15) is 0 Å². The molecule has 1 heterocycles. The Balaban J connectivity index is 0.00000441. The average Bonchev–Trinajstić information content (AvgIpc) is 2.82. The summed E-state index contributed by atoms with van der Waals surface area (Å²) in [7, 11) is -3.58. The summed E-state index contributed by atoms with van der Waals surface area (Å²) in [6.07, 6.45) is 1.37. The fourth-order valence-corrected chi connectivity index (χ4v) is 4.27. The second-order valence-corrected chi connectivity index (χ2v) is 8.59. The predicted octanol–water partition coefficient (Wildman–Crippen LogP) is 1.74. The maximum Gasteiger partial charge on any atom is 0.250 e. The number of carbonyl (C=O) groups excluding carboxylic acids is 1. The van der Waals surface area contributed by atoms with Gasteiger partial charge in [-0.1, -0.05) is 24.9 Å². The first-order valence-corrected chi connectivity index (χ1v) is 9.19. The standard InChI is InChI=1S/C12H20ClN3O3S2.ClH/c1-3-6-12(2,14)11(17)15-7-8-16-21(18,19)10-5-4-9(13)20-10;/h4-5,16H,3,6-8,14H2,1-2H3,(H,15,17);1H. The summed E-state index contributed by atoms with van der Waals surface area (Å²) in [5, 5.41) is 2.62. The molecule has 1 aromatic rings. The minimum atomic E-state index is -3.58. The van der Waals surface area contributed by atoms with E-state index < -0.39 is 15.6 Å². The van der Waals surface area contributed by atoms with Gasteiger partial charge >= 0.3 is 0 Å². The number of amides is 1. The fraction of sp³-hybridized carbons (Fsp3) is 0.583. The van der Waals surface area contributed by atoms with Crippen molar-refractivity contribution in [1.82, 2.24) is 10.0 Å². The SMILES string of the molecule is CCCC(C)(N)C(=O)NCCNS(=O)(=O)c1ccc(Cl)s1.Cl. The maximum absolute atomic E-state index is 11.9. The van der Waals surface area contributed by atoms with Crippen LogP contribution in [0.5, 0.6) is 0 Å². The number of sulfonamides is 1. The molecular formula is C12H21Cl2N3O3S2. The largest absolute Gasteiger partial charge is 0.353 e. The molecule has 0 bridgehead atoms.